The van der Waals surface area contributed by atoms with Crippen LogP contribution in [0.2, 0.25) is 0 Å². The van der Waals surface area contributed by atoms with Crippen LogP contribution in [0.25, 0.3) is 0 Å². The molecule has 4 rings (SSSR count). The first-order valence-corrected chi connectivity index (χ1v) is 11.6. The molecule has 0 radical (unpaired) electrons. The van der Waals surface area contributed by atoms with Gasteiger partial charge in [-0.15, -0.1) is 0 Å². The van der Waals surface area contributed by atoms with Gasteiger partial charge in [0.25, 0.3) is 11.8 Å². The summed E-state index contributed by atoms with van der Waals surface area (Å²) in [6.45, 7) is 3.81. The summed E-state index contributed by atoms with van der Waals surface area (Å²) in [6, 6.07) is 12.4. The second-order valence-corrected chi connectivity index (χ2v) is 8.88. The molecule has 0 atom stereocenters. The third-order valence-electron chi connectivity index (χ3n) is 5.43. The molecule has 1 saturated heterocycles. The maximum Gasteiger partial charge on any atom is 0.255 e. The second kappa shape index (κ2) is 9.91. The SMILES string of the molecule is Cc1cc(C(=O)N2CCSCC2)ccc1NC(=O)c1ccc(OCc2nccn2C)cc1. The minimum absolute atomic E-state index is 0.0485. The van der Waals surface area contributed by atoms with Gasteiger partial charge in [0.2, 0.25) is 0 Å². The van der Waals surface area contributed by atoms with Crippen molar-refractivity contribution in [1.82, 2.24) is 14.5 Å². The number of hydrogen-bond acceptors (Lipinski definition) is 5. The van der Waals surface area contributed by atoms with Gasteiger partial charge < -0.3 is 19.5 Å². The van der Waals surface area contributed by atoms with Crippen molar-refractivity contribution in [3.05, 3.63) is 77.4 Å². The lowest BCUT2D eigenvalue weighted by molar-refractivity contribution is 0.0772. The largest absolute Gasteiger partial charge is 0.486 e. The molecule has 0 spiro atoms. The van der Waals surface area contributed by atoms with Crippen molar-refractivity contribution >= 4 is 29.3 Å². The van der Waals surface area contributed by atoms with Gasteiger partial charge in [-0.05, 0) is 55.0 Å². The number of aromatic nitrogens is 2. The summed E-state index contributed by atoms with van der Waals surface area (Å²) in [4.78, 5) is 31.5. The highest BCUT2D eigenvalue weighted by molar-refractivity contribution is 7.99. The Morgan fingerprint density at radius 3 is 2.47 bits per heavy atom. The fourth-order valence-electron chi connectivity index (χ4n) is 3.47. The molecule has 0 saturated carbocycles. The number of rotatable bonds is 6. The molecule has 0 bridgehead atoms. The number of hydrogen-bond donors (Lipinski definition) is 1. The number of imidazole rings is 1. The highest BCUT2D eigenvalue weighted by Crippen LogP contribution is 2.21. The quantitative estimate of drug-likeness (QED) is 0.619. The zero-order valence-electron chi connectivity index (χ0n) is 18.2. The summed E-state index contributed by atoms with van der Waals surface area (Å²) in [7, 11) is 1.91. The third-order valence-corrected chi connectivity index (χ3v) is 6.37. The van der Waals surface area contributed by atoms with Gasteiger partial charge in [-0.1, -0.05) is 0 Å². The van der Waals surface area contributed by atoms with Gasteiger partial charge >= 0.3 is 0 Å². The number of thioether (sulfide) groups is 1. The molecule has 1 aromatic heterocycles. The first-order valence-electron chi connectivity index (χ1n) is 10.5. The predicted octanol–water partition coefficient (Wildman–Crippen LogP) is 3.75. The average molecular weight is 451 g/mol. The fourth-order valence-corrected chi connectivity index (χ4v) is 4.37. The van der Waals surface area contributed by atoms with Crippen molar-refractivity contribution in [2.45, 2.75) is 13.5 Å². The van der Waals surface area contributed by atoms with Gasteiger partial charge in [-0.25, -0.2) is 4.98 Å². The lowest BCUT2D eigenvalue weighted by Crippen LogP contribution is -2.37. The first-order chi connectivity index (χ1) is 15.5. The maximum absolute atomic E-state index is 12.7. The standard InChI is InChI=1S/C24H26N4O3S/c1-17-15-19(24(30)28-11-13-32-14-12-28)5-8-21(17)26-23(29)18-3-6-20(7-4-18)31-16-22-25-9-10-27(22)2/h3-10,15H,11-14,16H2,1-2H3,(H,26,29). The number of amides is 2. The first kappa shape index (κ1) is 22.0. The van der Waals surface area contributed by atoms with Gasteiger partial charge in [0.05, 0.1) is 0 Å². The van der Waals surface area contributed by atoms with Gasteiger partial charge in [-0.3, -0.25) is 9.59 Å². The Bertz CT molecular complexity index is 1100. The molecule has 1 aliphatic heterocycles. The van der Waals surface area contributed by atoms with E-state index in [0.717, 1.165) is 36.0 Å². The molecule has 2 amide bonds. The van der Waals surface area contributed by atoms with Crippen LogP contribution in [0.4, 0.5) is 5.69 Å². The van der Waals surface area contributed by atoms with Crippen LogP contribution in [0.5, 0.6) is 5.75 Å². The zero-order chi connectivity index (χ0) is 22.5. The van der Waals surface area contributed by atoms with Crippen molar-refractivity contribution in [3.63, 3.8) is 0 Å². The number of nitrogens with one attached hydrogen (secondary N) is 1. The van der Waals surface area contributed by atoms with E-state index in [0.29, 0.717) is 29.2 Å². The molecular weight excluding hydrogens is 424 g/mol. The number of anilines is 1. The van der Waals surface area contributed by atoms with E-state index in [1.165, 1.54) is 0 Å². The van der Waals surface area contributed by atoms with Crippen molar-refractivity contribution in [2.75, 3.05) is 29.9 Å². The molecule has 8 heteroatoms. The Kier molecular flexibility index (Phi) is 6.80. The molecule has 1 N–H and O–H groups in total. The summed E-state index contributed by atoms with van der Waals surface area (Å²) >= 11 is 1.87. The zero-order valence-corrected chi connectivity index (χ0v) is 19.0. The molecule has 1 aliphatic rings. The van der Waals surface area contributed by atoms with Crippen LogP contribution in [0.15, 0.2) is 54.9 Å². The summed E-state index contributed by atoms with van der Waals surface area (Å²) in [5, 5.41) is 2.93. The fraction of sp³-hybridized carbons (Fsp3) is 0.292. The van der Waals surface area contributed by atoms with Crippen LogP contribution >= 0.6 is 11.8 Å². The molecule has 2 heterocycles. The lowest BCUT2D eigenvalue weighted by Gasteiger charge is -2.26. The van der Waals surface area contributed by atoms with Gasteiger partial charge in [-0.2, -0.15) is 11.8 Å². The normalized spacial score (nSPS) is 13.6. The summed E-state index contributed by atoms with van der Waals surface area (Å²) in [5.41, 5.74) is 2.72. The summed E-state index contributed by atoms with van der Waals surface area (Å²) < 4.78 is 7.63. The van der Waals surface area contributed by atoms with E-state index in [4.69, 9.17) is 4.74 Å². The predicted molar refractivity (Wildman–Crippen MR) is 126 cm³/mol. The molecule has 2 aromatic carbocycles. The van der Waals surface area contributed by atoms with Crippen LogP contribution in [0, 0.1) is 6.92 Å². The number of carbonyl (C=O) groups excluding carboxylic acids is 2. The van der Waals surface area contributed by atoms with Gasteiger partial charge in [0.15, 0.2) is 0 Å². The van der Waals surface area contributed by atoms with Crippen LogP contribution in [0.1, 0.15) is 32.1 Å². The minimum Gasteiger partial charge on any atom is -0.486 e. The number of benzene rings is 2. The highest BCUT2D eigenvalue weighted by atomic mass is 32.2. The van der Waals surface area contributed by atoms with E-state index in [1.807, 2.05) is 47.5 Å². The van der Waals surface area contributed by atoms with E-state index in [2.05, 4.69) is 10.3 Å². The lowest BCUT2D eigenvalue weighted by atomic mass is 10.1. The topological polar surface area (TPSA) is 76.5 Å². The van der Waals surface area contributed by atoms with Crippen LogP contribution in [-0.2, 0) is 13.7 Å². The Balaban J connectivity index is 1.36. The summed E-state index contributed by atoms with van der Waals surface area (Å²) in [6.07, 6.45) is 3.59. The van der Waals surface area contributed by atoms with E-state index in [9.17, 15) is 9.59 Å². The molecule has 166 valence electrons. The molecule has 3 aromatic rings. The Labute approximate surface area is 191 Å². The Morgan fingerprint density at radius 1 is 1.09 bits per heavy atom. The second-order valence-electron chi connectivity index (χ2n) is 7.66. The number of ether oxygens (including phenoxy) is 1. The number of aryl methyl sites for hydroxylation is 2. The van der Waals surface area contributed by atoms with Crippen molar-refractivity contribution in [3.8, 4) is 5.75 Å². The van der Waals surface area contributed by atoms with E-state index in [1.54, 1.807) is 42.6 Å². The number of carbonyl (C=O) groups is 2. The van der Waals surface area contributed by atoms with E-state index in [-0.39, 0.29) is 11.8 Å². The van der Waals surface area contributed by atoms with Crippen LogP contribution < -0.4 is 10.1 Å². The maximum atomic E-state index is 12.7. The molecular formula is C24H26N4O3S. The minimum atomic E-state index is -0.212. The third kappa shape index (κ3) is 5.13. The molecule has 7 nitrogen and oxygen atoms in total. The monoisotopic (exact) mass is 450 g/mol. The van der Waals surface area contributed by atoms with Crippen molar-refractivity contribution < 1.29 is 14.3 Å². The summed E-state index contributed by atoms with van der Waals surface area (Å²) in [5.74, 6) is 3.28. The average Bonchev–Trinajstić information content (AvgIpc) is 3.24. The van der Waals surface area contributed by atoms with Gasteiger partial charge in [0, 0.05) is 60.9 Å². The molecule has 0 aliphatic carbocycles. The van der Waals surface area contributed by atoms with Crippen LogP contribution in [-0.4, -0.2) is 50.9 Å². The Hall–Kier alpha value is -3.26. The smallest absolute Gasteiger partial charge is 0.255 e. The van der Waals surface area contributed by atoms with Gasteiger partial charge in [0.1, 0.15) is 18.2 Å². The Morgan fingerprint density at radius 2 is 1.81 bits per heavy atom. The van der Waals surface area contributed by atoms with E-state index < -0.39 is 0 Å². The molecule has 32 heavy (non-hydrogen) atoms. The number of nitrogens with zero attached hydrogens (tertiary/aromatic N) is 3. The highest BCUT2D eigenvalue weighted by Gasteiger charge is 2.19. The molecule has 0 unspecified atom stereocenters. The van der Waals surface area contributed by atoms with Crippen molar-refractivity contribution in [2.24, 2.45) is 7.05 Å². The van der Waals surface area contributed by atoms with Crippen molar-refractivity contribution in [1.29, 1.82) is 0 Å². The molecule has 1 fully saturated rings. The van der Waals surface area contributed by atoms with E-state index >= 15 is 0 Å². The van der Waals surface area contributed by atoms with Crippen LogP contribution in [0.3, 0.4) is 0 Å².